The van der Waals surface area contributed by atoms with Gasteiger partial charge in [-0.3, -0.25) is 0 Å². The van der Waals surface area contributed by atoms with Gasteiger partial charge >= 0.3 is 0 Å². The molecule has 24 heavy (non-hydrogen) atoms. The van der Waals surface area contributed by atoms with E-state index in [1.807, 2.05) is 0 Å². The lowest BCUT2D eigenvalue weighted by Gasteiger charge is -2.13. The van der Waals surface area contributed by atoms with Gasteiger partial charge in [0.05, 0.1) is 5.75 Å². The average molecular weight is 389 g/mol. The highest BCUT2D eigenvalue weighted by Crippen LogP contribution is 2.17. The van der Waals surface area contributed by atoms with Gasteiger partial charge in [-0.25, -0.2) is 26.3 Å². The van der Waals surface area contributed by atoms with Crippen molar-refractivity contribution in [2.45, 2.75) is 36.4 Å². The molecule has 2 N–H and O–H groups in total. The molecule has 0 aliphatic rings. The molecule has 0 radical (unpaired) electrons. The predicted octanol–water partition coefficient (Wildman–Crippen LogP) is 2.05. The van der Waals surface area contributed by atoms with E-state index in [0.717, 1.165) is 11.3 Å². The Kier molecular flexibility index (Phi) is 6.16. The van der Waals surface area contributed by atoms with Crippen LogP contribution in [0.2, 0.25) is 0 Å². The van der Waals surface area contributed by atoms with Gasteiger partial charge in [0.15, 0.2) is 0 Å². The molecule has 0 unspecified atom stereocenters. The van der Waals surface area contributed by atoms with E-state index in [1.165, 1.54) is 6.07 Å². The van der Waals surface area contributed by atoms with Crippen molar-refractivity contribution in [3.63, 3.8) is 0 Å². The first kappa shape index (κ1) is 19.1. The number of hydrogen-bond donors (Lipinski definition) is 2. The van der Waals surface area contributed by atoms with Gasteiger partial charge in [-0.2, -0.15) is 0 Å². The lowest BCUT2D eigenvalue weighted by molar-refractivity contribution is 0.568. The van der Waals surface area contributed by atoms with Crippen LogP contribution in [0.5, 0.6) is 0 Å². The Labute approximate surface area is 147 Å². The molecule has 0 fully saturated rings. The smallest absolute Gasteiger partial charge is 0.212 e. The first-order valence-electron chi connectivity index (χ1n) is 7.29. The largest absolute Gasteiger partial charge is 0.250 e. The Balaban J connectivity index is 2.15. The van der Waals surface area contributed by atoms with Gasteiger partial charge in [0.25, 0.3) is 0 Å². The molecule has 1 heterocycles. The first-order valence-corrected chi connectivity index (χ1v) is 11.3. The Hall–Kier alpha value is -1.26. The van der Waals surface area contributed by atoms with Crippen molar-refractivity contribution in [3.05, 3.63) is 52.9 Å². The Bertz CT molecular complexity index is 873. The molecule has 0 spiro atoms. The van der Waals surface area contributed by atoms with Gasteiger partial charge in [0.1, 0.15) is 4.21 Å². The fourth-order valence-electron chi connectivity index (χ4n) is 2.14. The third-order valence-corrected chi connectivity index (χ3v) is 7.41. The summed E-state index contributed by atoms with van der Waals surface area (Å²) in [5.41, 5.74) is 1.20. The Morgan fingerprint density at radius 2 is 1.67 bits per heavy atom. The zero-order chi connectivity index (χ0) is 17.8. The van der Waals surface area contributed by atoms with Crippen LogP contribution in [0.25, 0.3) is 0 Å². The highest BCUT2D eigenvalue weighted by Gasteiger charge is 2.18. The zero-order valence-corrected chi connectivity index (χ0v) is 15.8. The molecule has 2 rings (SSSR count). The van der Waals surface area contributed by atoms with Gasteiger partial charge in [0.2, 0.25) is 20.0 Å². The van der Waals surface area contributed by atoms with Crippen molar-refractivity contribution >= 4 is 31.4 Å². The minimum absolute atomic E-state index is 0.0353. The minimum atomic E-state index is -3.59. The molecule has 132 valence electrons. The standard InChI is InChI=1S/C15H20N2O4S3/c1-12(2)17-23(18,19)11-14-7-4-3-6-13(14)10-16-24(20,21)15-8-5-9-22-15/h3-9,12,16-17H,10-11H2,1-2H3. The molecule has 0 saturated carbocycles. The fraction of sp³-hybridized carbons (Fsp3) is 0.333. The maximum absolute atomic E-state index is 12.2. The summed E-state index contributed by atoms with van der Waals surface area (Å²) >= 11 is 1.13. The van der Waals surface area contributed by atoms with E-state index in [1.54, 1.807) is 49.6 Å². The molecule has 9 heteroatoms. The summed E-state index contributed by atoms with van der Waals surface area (Å²) in [6, 6.07) is 9.89. The van der Waals surface area contributed by atoms with Crippen LogP contribution in [-0.2, 0) is 32.3 Å². The van der Waals surface area contributed by atoms with Crippen molar-refractivity contribution in [1.82, 2.24) is 9.44 Å². The molecule has 0 atom stereocenters. The quantitative estimate of drug-likeness (QED) is 0.724. The van der Waals surface area contributed by atoms with Crippen molar-refractivity contribution in [3.8, 4) is 0 Å². The van der Waals surface area contributed by atoms with Crippen LogP contribution < -0.4 is 9.44 Å². The highest BCUT2D eigenvalue weighted by atomic mass is 32.2. The normalized spacial score (nSPS) is 12.6. The van der Waals surface area contributed by atoms with E-state index in [4.69, 9.17) is 0 Å². The van der Waals surface area contributed by atoms with E-state index in [9.17, 15) is 16.8 Å². The van der Waals surface area contributed by atoms with Crippen LogP contribution in [0.1, 0.15) is 25.0 Å². The lowest BCUT2D eigenvalue weighted by Crippen LogP contribution is -2.31. The molecule has 2 aromatic rings. The van der Waals surface area contributed by atoms with Gasteiger partial charge in [0, 0.05) is 12.6 Å². The summed E-state index contributed by atoms with van der Waals surface area (Å²) in [6.45, 7) is 3.53. The third-order valence-electron chi connectivity index (χ3n) is 3.09. The molecule has 0 bridgehead atoms. The van der Waals surface area contributed by atoms with E-state index >= 15 is 0 Å². The Morgan fingerprint density at radius 1 is 1.00 bits per heavy atom. The van der Waals surface area contributed by atoms with Crippen LogP contribution in [0.15, 0.2) is 46.0 Å². The molecule has 1 aromatic carbocycles. The summed E-state index contributed by atoms with van der Waals surface area (Å²) in [5.74, 6) is -0.192. The molecule has 0 amide bonds. The second kappa shape index (κ2) is 7.75. The number of nitrogens with one attached hydrogen (secondary N) is 2. The SMILES string of the molecule is CC(C)NS(=O)(=O)Cc1ccccc1CNS(=O)(=O)c1cccs1. The summed E-state index contributed by atoms with van der Waals surface area (Å²) in [4.78, 5) is 0. The predicted molar refractivity (Wildman–Crippen MR) is 95.7 cm³/mol. The molecule has 6 nitrogen and oxygen atoms in total. The fourth-order valence-corrected chi connectivity index (χ4v) is 5.67. The van der Waals surface area contributed by atoms with Gasteiger partial charge < -0.3 is 0 Å². The van der Waals surface area contributed by atoms with Gasteiger partial charge in [-0.1, -0.05) is 30.3 Å². The molecule has 1 aromatic heterocycles. The topological polar surface area (TPSA) is 92.3 Å². The maximum Gasteiger partial charge on any atom is 0.250 e. The number of thiophene rings is 1. The second-order valence-corrected chi connectivity index (χ2v) is 10.3. The average Bonchev–Trinajstić information content (AvgIpc) is 2.99. The summed E-state index contributed by atoms with van der Waals surface area (Å²) in [5, 5.41) is 1.69. The molecule has 0 aliphatic heterocycles. The number of sulfonamides is 2. The minimum Gasteiger partial charge on any atom is -0.212 e. The number of rotatable bonds is 8. The molecule has 0 saturated heterocycles. The monoisotopic (exact) mass is 388 g/mol. The van der Waals surface area contributed by atoms with E-state index < -0.39 is 20.0 Å². The zero-order valence-electron chi connectivity index (χ0n) is 13.4. The van der Waals surface area contributed by atoms with Crippen molar-refractivity contribution in [2.75, 3.05) is 0 Å². The first-order chi connectivity index (χ1) is 11.2. The third kappa shape index (κ3) is 5.38. The summed E-state index contributed by atoms with van der Waals surface area (Å²) in [7, 11) is -7.07. The van der Waals surface area contributed by atoms with E-state index in [0.29, 0.717) is 11.1 Å². The number of hydrogen-bond acceptors (Lipinski definition) is 5. The van der Waals surface area contributed by atoms with Gasteiger partial charge in [-0.05, 0) is 36.4 Å². The molecule has 0 aliphatic carbocycles. The van der Waals surface area contributed by atoms with Gasteiger partial charge in [-0.15, -0.1) is 11.3 Å². The molecular formula is C15H20N2O4S3. The van der Waals surface area contributed by atoms with Crippen LogP contribution in [0.3, 0.4) is 0 Å². The van der Waals surface area contributed by atoms with Crippen molar-refractivity contribution in [2.24, 2.45) is 0 Å². The van der Waals surface area contributed by atoms with Crippen LogP contribution in [-0.4, -0.2) is 22.9 Å². The van der Waals surface area contributed by atoms with Crippen molar-refractivity contribution < 1.29 is 16.8 Å². The van der Waals surface area contributed by atoms with Crippen LogP contribution >= 0.6 is 11.3 Å². The van der Waals surface area contributed by atoms with Crippen LogP contribution in [0.4, 0.5) is 0 Å². The summed E-state index contributed by atoms with van der Waals surface area (Å²) < 4.78 is 53.8. The van der Waals surface area contributed by atoms with Crippen molar-refractivity contribution in [1.29, 1.82) is 0 Å². The maximum atomic E-state index is 12.2. The lowest BCUT2D eigenvalue weighted by atomic mass is 10.1. The van der Waals surface area contributed by atoms with E-state index in [-0.39, 0.29) is 22.5 Å². The molecular weight excluding hydrogens is 368 g/mol. The highest BCUT2D eigenvalue weighted by molar-refractivity contribution is 7.91. The van der Waals surface area contributed by atoms with Crippen LogP contribution in [0, 0.1) is 0 Å². The van der Waals surface area contributed by atoms with E-state index in [2.05, 4.69) is 9.44 Å². The summed E-state index contributed by atoms with van der Waals surface area (Å²) in [6.07, 6.45) is 0. The Morgan fingerprint density at radius 3 is 2.25 bits per heavy atom. The second-order valence-electron chi connectivity index (χ2n) is 5.56. The number of benzene rings is 1.